The first-order chi connectivity index (χ1) is 9.77. The van der Waals surface area contributed by atoms with Gasteiger partial charge in [-0.25, -0.2) is 0 Å². The molecule has 0 rings (SSSR count). The molecule has 114 valence electrons. The highest BCUT2D eigenvalue weighted by molar-refractivity contribution is 7.80. The molecule has 0 bridgehead atoms. The van der Waals surface area contributed by atoms with Crippen LogP contribution in [-0.2, 0) is 14.4 Å². The highest BCUT2D eigenvalue weighted by Crippen LogP contribution is 2.00. The number of nitrogens with one attached hydrogen (secondary N) is 2. The number of nitrogens with two attached hydrogens (primary N) is 2. The summed E-state index contributed by atoms with van der Waals surface area (Å²) in [6.07, 6.45) is -0.176. The number of rotatable bonds is 9. The van der Waals surface area contributed by atoms with E-state index in [1.165, 1.54) is 6.92 Å². The molecule has 0 aromatic rings. The first-order valence-corrected chi connectivity index (χ1v) is 6.65. The zero-order valence-electron chi connectivity index (χ0n) is 12.3. The van der Waals surface area contributed by atoms with Gasteiger partial charge in [0.1, 0.15) is 13.7 Å². The molecule has 0 aliphatic rings. The fraction of sp³-hybridized carbons (Fsp3) is 0.636. The first kappa shape index (κ1) is 16.3. The third-order valence-corrected chi connectivity index (χ3v) is 2.65. The second-order valence-corrected chi connectivity index (χ2v) is 4.43. The Balaban J connectivity index is 4.58. The molecule has 9 heteroatoms. The van der Waals surface area contributed by atoms with Crippen LogP contribution >= 0.6 is 12.6 Å². The smallest absolute Gasteiger partial charge is 0.243 e. The van der Waals surface area contributed by atoms with E-state index in [2.05, 4.69) is 28.3 Å². The molecule has 0 aliphatic heterocycles. The molecule has 6 N–H and O–H groups in total. The average Bonchev–Trinajstić information content (AvgIpc) is 2.38. The number of guanidine groups is 1. The summed E-state index contributed by atoms with van der Waals surface area (Å²) in [6.45, 7) is 1.60. The predicted molar refractivity (Wildman–Crippen MR) is 79.4 cm³/mol. The Morgan fingerprint density at radius 3 is 2.55 bits per heavy atom. The maximum absolute atomic E-state index is 12.0. The Hall–Kier alpha value is -1.77. The van der Waals surface area contributed by atoms with Crippen molar-refractivity contribution in [2.75, 3.05) is 12.3 Å². The van der Waals surface area contributed by atoms with Gasteiger partial charge in [0.15, 0.2) is 5.96 Å². The number of aliphatic imine (C=N–C) groups is 1. The van der Waals surface area contributed by atoms with Crippen molar-refractivity contribution in [3.63, 3.8) is 0 Å². The summed E-state index contributed by atoms with van der Waals surface area (Å²) in [5, 5.41) is 4.85. The lowest BCUT2D eigenvalue weighted by Crippen LogP contribution is -2.50. The minimum Gasteiger partial charge on any atom is -0.370 e. The Labute approximate surface area is 124 Å². The Kier molecular flexibility index (Phi) is 8.20. The van der Waals surface area contributed by atoms with Crippen LogP contribution in [0, 0.1) is 0 Å². The molecule has 0 heterocycles. The number of thiol groups is 1. The lowest BCUT2D eigenvalue weighted by Gasteiger charge is -2.19. The fourth-order valence-electron chi connectivity index (χ4n) is 1.40. The van der Waals surface area contributed by atoms with E-state index in [9.17, 15) is 14.4 Å². The zero-order chi connectivity index (χ0) is 16.4. The van der Waals surface area contributed by atoms with Gasteiger partial charge < -0.3 is 26.9 Å². The first-order valence-electron chi connectivity index (χ1n) is 6.52. The molecule has 2 amide bonds. The lowest BCUT2D eigenvalue weighted by atomic mass is 10.1. The van der Waals surface area contributed by atoms with Gasteiger partial charge in [0.25, 0.3) is 0 Å². The van der Waals surface area contributed by atoms with E-state index in [0.29, 0.717) is 19.4 Å². The molecule has 20 heavy (non-hydrogen) atoms. The van der Waals surface area contributed by atoms with Gasteiger partial charge in [0.05, 0.1) is 6.04 Å². The summed E-state index contributed by atoms with van der Waals surface area (Å²) in [5.41, 5.74) is 10.4. The van der Waals surface area contributed by atoms with Gasteiger partial charge in [0, 0.05) is 19.2 Å². The van der Waals surface area contributed by atoms with Gasteiger partial charge in [-0.2, -0.15) is 12.6 Å². The topological polar surface area (TPSA) is 140 Å². The van der Waals surface area contributed by atoms with Crippen LogP contribution in [0.25, 0.3) is 0 Å². The standard InChI is InChI=1S/C11H21N5O3S/c1-7(18)15-9(3-2-4-14-11(12)13)10(19)16-8(5-17)6-20/h5,8-9,20H,2-4,6H2,1H3,(H,15,18)(H,16,19)(H4,12,13,14)/t8-,9+/m1/s1/i5D. The maximum Gasteiger partial charge on any atom is 0.243 e. The van der Waals surface area contributed by atoms with E-state index in [1.54, 1.807) is 0 Å². The third-order valence-electron chi connectivity index (χ3n) is 2.28. The molecule has 0 saturated heterocycles. The molecule has 8 nitrogen and oxygen atoms in total. The summed E-state index contributed by atoms with van der Waals surface area (Å²) in [7, 11) is 0. The van der Waals surface area contributed by atoms with Crippen LogP contribution in [0.2, 0.25) is 0 Å². The van der Waals surface area contributed by atoms with Gasteiger partial charge in [-0.05, 0) is 12.8 Å². The average molecular weight is 304 g/mol. The number of amides is 2. The predicted octanol–water partition coefficient (Wildman–Crippen LogP) is -1.84. The monoisotopic (exact) mass is 304 g/mol. The number of aldehydes is 1. The van der Waals surface area contributed by atoms with E-state index in [0.717, 1.165) is 0 Å². The van der Waals surface area contributed by atoms with E-state index < -0.39 is 24.3 Å². The van der Waals surface area contributed by atoms with Crippen molar-refractivity contribution in [2.24, 2.45) is 16.5 Å². The summed E-state index contributed by atoms with van der Waals surface area (Å²) >= 11 is 3.89. The molecule has 2 atom stereocenters. The summed E-state index contributed by atoms with van der Waals surface area (Å²) in [5.74, 6) is -0.967. The minimum atomic E-state index is -1.00. The molecule has 0 fully saturated rings. The van der Waals surface area contributed by atoms with E-state index in [-0.39, 0.29) is 17.6 Å². The van der Waals surface area contributed by atoms with E-state index in [4.69, 9.17) is 12.8 Å². The Bertz CT molecular complexity index is 415. The largest absolute Gasteiger partial charge is 0.370 e. The van der Waals surface area contributed by atoms with Crippen LogP contribution in [0.3, 0.4) is 0 Å². The van der Waals surface area contributed by atoms with Gasteiger partial charge in [-0.3, -0.25) is 14.6 Å². The van der Waals surface area contributed by atoms with Crippen molar-refractivity contribution in [1.82, 2.24) is 10.6 Å². The second kappa shape index (κ2) is 10.1. The Morgan fingerprint density at radius 1 is 1.45 bits per heavy atom. The highest BCUT2D eigenvalue weighted by atomic mass is 32.1. The van der Waals surface area contributed by atoms with E-state index >= 15 is 0 Å². The molecule has 0 aliphatic carbocycles. The van der Waals surface area contributed by atoms with Gasteiger partial charge in [-0.1, -0.05) is 0 Å². The van der Waals surface area contributed by atoms with Crippen LogP contribution < -0.4 is 22.1 Å². The second-order valence-electron chi connectivity index (χ2n) is 4.06. The van der Waals surface area contributed by atoms with Gasteiger partial charge in [0.2, 0.25) is 11.8 Å². The molecule has 0 spiro atoms. The van der Waals surface area contributed by atoms with Crippen LogP contribution in [0.1, 0.15) is 21.1 Å². The molecule has 0 radical (unpaired) electrons. The number of hydrogen-bond donors (Lipinski definition) is 5. The summed E-state index contributed by atoms with van der Waals surface area (Å²) in [4.78, 5) is 37.8. The number of nitrogens with zero attached hydrogens (tertiary/aromatic N) is 1. The number of carbonyl (C=O) groups excluding carboxylic acids is 3. The quantitative estimate of drug-likeness (QED) is 0.112. The molecular formula is C11H21N5O3S. The number of hydrogen-bond acceptors (Lipinski definition) is 5. The maximum atomic E-state index is 12.0. The summed E-state index contributed by atoms with van der Waals surface area (Å²) < 4.78 is 6.99. The van der Waals surface area contributed by atoms with E-state index in [1.807, 2.05) is 0 Å². The van der Waals surface area contributed by atoms with Crippen molar-refractivity contribution in [1.29, 1.82) is 0 Å². The zero-order valence-corrected chi connectivity index (χ0v) is 12.2. The minimum absolute atomic E-state index is 0.00879. The Morgan fingerprint density at radius 2 is 2.10 bits per heavy atom. The van der Waals surface area contributed by atoms with Crippen LogP contribution in [0.4, 0.5) is 0 Å². The molecule has 0 unspecified atom stereocenters. The van der Waals surface area contributed by atoms with Crippen molar-refractivity contribution >= 4 is 36.7 Å². The molecular weight excluding hydrogens is 282 g/mol. The lowest BCUT2D eigenvalue weighted by molar-refractivity contribution is -0.129. The van der Waals surface area contributed by atoms with Gasteiger partial charge >= 0.3 is 0 Å². The van der Waals surface area contributed by atoms with Crippen molar-refractivity contribution in [3.8, 4) is 0 Å². The summed E-state index contributed by atoms with van der Waals surface area (Å²) in [6, 6.07) is -1.83. The molecule has 0 saturated carbocycles. The molecule has 0 aromatic carbocycles. The van der Waals surface area contributed by atoms with Crippen LogP contribution in [0.5, 0.6) is 0 Å². The van der Waals surface area contributed by atoms with Crippen molar-refractivity contribution < 1.29 is 15.8 Å². The fourth-order valence-corrected chi connectivity index (χ4v) is 1.57. The van der Waals surface area contributed by atoms with Gasteiger partial charge in [-0.15, -0.1) is 0 Å². The normalized spacial score (nSPS) is 13.6. The SMILES string of the molecule is [2H]C(=O)[C@H](CS)NC(=O)[C@H](CCCN=C(N)N)NC(C)=O. The molecule has 0 aromatic heterocycles. The van der Waals surface area contributed by atoms with Crippen molar-refractivity contribution in [2.45, 2.75) is 31.8 Å². The highest BCUT2D eigenvalue weighted by Gasteiger charge is 2.21. The third kappa shape index (κ3) is 8.35. The van der Waals surface area contributed by atoms with Crippen LogP contribution in [-0.4, -0.2) is 48.4 Å². The number of carbonyl (C=O) groups is 3. The van der Waals surface area contributed by atoms with Crippen molar-refractivity contribution in [3.05, 3.63) is 0 Å². The van der Waals surface area contributed by atoms with Crippen LogP contribution in [0.15, 0.2) is 4.99 Å².